The van der Waals surface area contributed by atoms with E-state index in [4.69, 9.17) is 0 Å². The van der Waals surface area contributed by atoms with Gasteiger partial charge in [0, 0.05) is 23.5 Å². The molecule has 6 heteroatoms. The van der Waals surface area contributed by atoms with Gasteiger partial charge in [-0.05, 0) is 50.8 Å². The molecular weight excluding hydrogens is 326 g/mol. The Hall–Kier alpha value is -2.89. The summed E-state index contributed by atoms with van der Waals surface area (Å²) in [6.45, 7) is 4.51. The summed E-state index contributed by atoms with van der Waals surface area (Å²) in [5, 5.41) is 14.8. The van der Waals surface area contributed by atoms with Crippen molar-refractivity contribution in [1.82, 2.24) is 25.3 Å². The van der Waals surface area contributed by atoms with Gasteiger partial charge in [-0.2, -0.15) is 10.2 Å². The van der Waals surface area contributed by atoms with Gasteiger partial charge in [0.15, 0.2) is 0 Å². The topological polar surface area (TPSA) is 75.6 Å². The number of hydrogen-bond donors (Lipinski definition) is 2. The number of fused-ring (bicyclic) bond motifs is 1. The third-order valence-electron chi connectivity index (χ3n) is 5.05. The minimum absolute atomic E-state index is 0.0653. The Morgan fingerprint density at radius 2 is 2.19 bits per heavy atom. The van der Waals surface area contributed by atoms with E-state index in [1.165, 1.54) is 0 Å². The maximum atomic E-state index is 12.8. The van der Waals surface area contributed by atoms with Gasteiger partial charge in [0.1, 0.15) is 0 Å². The van der Waals surface area contributed by atoms with E-state index < -0.39 is 0 Å². The molecule has 1 aromatic carbocycles. The highest BCUT2D eigenvalue weighted by Crippen LogP contribution is 2.30. The van der Waals surface area contributed by atoms with Crippen LogP contribution in [0.15, 0.2) is 36.5 Å². The predicted molar refractivity (Wildman–Crippen MR) is 99.2 cm³/mol. The van der Waals surface area contributed by atoms with Crippen LogP contribution in [0.25, 0.3) is 5.69 Å². The zero-order chi connectivity index (χ0) is 18.1. The molecule has 2 heterocycles. The summed E-state index contributed by atoms with van der Waals surface area (Å²) in [5.74, 6) is -0.0473. The maximum absolute atomic E-state index is 12.8. The molecule has 1 unspecified atom stereocenters. The highest BCUT2D eigenvalue weighted by molar-refractivity contribution is 5.84. The summed E-state index contributed by atoms with van der Waals surface area (Å²) in [4.78, 5) is 12.8. The molecular formula is C20H23N5O. The van der Waals surface area contributed by atoms with Crippen LogP contribution in [-0.2, 0) is 17.8 Å². The molecule has 3 aromatic rings. The van der Waals surface area contributed by atoms with Crippen molar-refractivity contribution in [2.75, 3.05) is 0 Å². The Morgan fingerprint density at radius 3 is 3.00 bits per heavy atom. The fourth-order valence-corrected chi connectivity index (χ4v) is 3.78. The second kappa shape index (κ2) is 6.78. The molecule has 0 spiro atoms. The lowest BCUT2D eigenvalue weighted by Gasteiger charge is -2.21. The number of para-hydroxylation sites is 1. The maximum Gasteiger partial charge on any atom is 0.227 e. The lowest BCUT2D eigenvalue weighted by Crippen LogP contribution is -2.31. The van der Waals surface area contributed by atoms with Crippen LogP contribution in [0.4, 0.5) is 0 Å². The standard InChI is InChI=1S/C20H23N5O/c1-13-10-14(2)25(24-13)19-9-4-3-6-15(19)11-21-20(26)16-7-5-8-18-17(16)12-22-23-18/h3-4,6,9-10,12,16H,5,7-8,11H2,1-2H3,(H,21,26)(H,22,23). The zero-order valence-corrected chi connectivity index (χ0v) is 15.1. The fraction of sp³-hybridized carbons (Fsp3) is 0.350. The molecule has 1 aliphatic carbocycles. The average Bonchev–Trinajstić information content (AvgIpc) is 3.25. The van der Waals surface area contributed by atoms with Crippen molar-refractivity contribution in [1.29, 1.82) is 0 Å². The number of carbonyl (C=O) groups is 1. The number of aromatic nitrogens is 4. The smallest absolute Gasteiger partial charge is 0.227 e. The molecule has 4 rings (SSSR count). The molecule has 0 saturated carbocycles. The number of hydrogen-bond acceptors (Lipinski definition) is 3. The summed E-state index contributed by atoms with van der Waals surface area (Å²) in [6, 6.07) is 10.1. The van der Waals surface area contributed by atoms with Crippen molar-refractivity contribution >= 4 is 5.91 Å². The summed E-state index contributed by atoms with van der Waals surface area (Å²) < 4.78 is 1.94. The van der Waals surface area contributed by atoms with Gasteiger partial charge in [0.05, 0.1) is 23.5 Å². The lowest BCUT2D eigenvalue weighted by molar-refractivity contribution is -0.123. The monoisotopic (exact) mass is 349 g/mol. The average molecular weight is 349 g/mol. The van der Waals surface area contributed by atoms with E-state index in [1.54, 1.807) is 6.20 Å². The van der Waals surface area contributed by atoms with Crippen molar-refractivity contribution in [3.63, 3.8) is 0 Å². The molecule has 0 fully saturated rings. The Morgan fingerprint density at radius 1 is 1.35 bits per heavy atom. The first-order valence-electron chi connectivity index (χ1n) is 9.05. The van der Waals surface area contributed by atoms with Crippen LogP contribution < -0.4 is 5.32 Å². The number of aromatic amines is 1. The first-order valence-corrected chi connectivity index (χ1v) is 9.05. The number of benzene rings is 1. The van der Waals surface area contributed by atoms with Crippen LogP contribution in [0.2, 0.25) is 0 Å². The van der Waals surface area contributed by atoms with Gasteiger partial charge >= 0.3 is 0 Å². The molecule has 0 bridgehead atoms. The van der Waals surface area contributed by atoms with E-state index in [9.17, 15) is 4.79 Å². The second-order valence-corrected chi connectivity index (χ2v) is 6.93. The third-order valence-corrected chi connectivity index (χ3v) is 5.05. The molecule has 2 N–H and O–H groups in total. The van der Waals surface area contributed by atoms with Gasteiger partial charge in [-0.1, -0.05) is 18.2 Å². The number of aryl methyl sites for hydroxylation is 3. The van der Waals surface area contributed by atoms with E-state index in [-0.39, 0.29) is 11.8 Å². The largest absolute Gasteiger partial charge is 0.351 e. The van der Waals surface area contributed by atoms with Gasteiger partial charge in [-0.3, -0.25) is 9.89 Å². The summed E-state index contributed by atoms with van der Waals surface area (Å²) >= 11 is 0. The van der Waals surface area contributed by atoms with Crippen molar-refractivity contribution in [2.24, 2.45) is 0 Å². The number of nitrogens with zero attached hydrogens (tertiary/aromatic N) is 3. The summed E-state index contributed by atoms with van der Waals surface area (Å²) in [5.41, 5.74) is 6.26. The molecule has 2 aromatic heterocycles. The highest BCUT2D eigenvalue weighted by atomic mass is 16.1. The normalized spacial score (nSPS) is 16.3. The van der Waals surface area contributed by atoms with Gasteiger partial charge in [-0.15, -0.1) is 0 Å². The van der Waals surface area contributed by atoms with Crippen molar-refractivity contribution in [3.8, 4) is 5.69 Å². The minimum Gasteiger partial charge on any atom is -0.351 e. The summed E-state index contributed by atoms with van der Waals surface area (Å²) in [7, 11) is 0. The number of carbonyl (C=O) groups excluding carboxylic acids is 1. The van der Waals surface area contributed by atoms with Crippen molar-refractivity contribution in [3.05, 3.63) is 64.7 Å². The van der Waals surface area contributed by atoms with Crippen molar-refractivity contribution in [2.45, 2.75) is 45.6 Å². The number of nitrogens with one attached hydrogen (secondary N) is 2. The van der Waals surface area contributed by atoms with Gasteiger partial charge in [-0.25, -0.2) is 4.68 Å². The number of H-pyrrole nitrogens is 1. The first kappa shape index (κ1) is 16.6. The van der Waals surface area contributed by atoms with Gasteiger partial charge < -0.3 is 5.32 Å². The van der Waals surface area contributed by atoms with Crippen LogP contribution in [0.5, 0.6) is 0 Å². The molecule has 0 radical (unpaired) electrons. The van der Waals surface area contributed by atoms with Crippen LogP contribution >= 0.6 is 0 Å². The molecule has 0 aliphatic heterocycles. The fourth-order valence-electron chi connectivity index (χ4n) is 3.78. The second-order valence-electron chi connectivity index (χ2n) is 6.93. The quantitative estimate of drug-likeness (QED) is 0.760. The molecule has 6 nitrogen and oxygen atoms in total. The molecule has 0 saturated heterocycles. The molecule has 1 atom stereocenters. The number of rotatable bonds is 4. The molecule has 134 valence electrons. The van der Waals surface area contributed by atoms with Crippen LogP contribution in [0.1, 0.15) is 47.0 Å². The molecule has 1 amide bonds. The predicted octanol–water partition coefficient (Wildman–Crippen LogP) is 2.95. The van der Waals surface area contributed by atoms with E-state index >= 15 is 0 Å². The summed E-state index contributed by atoms with van der Waals surface area (Å²) in [6.07, 6.45) is 4.65. The van der Waals surface area contributed by atoms with Gasteiger partial charge in [0.2, 0.25) is 5.91 Å². The Bertz CT molecular complexity index is 939. The molecule has 1 aliphatic rings. The van der Waals surface area contributed by atoms with E-state index in [0.29, 0.717) is 6.54 Å². The number of amides is 1. The molecule has 26 heavy (non-hydrogen) atoms. The van der Waals surface area contributed by atoms with Crippen LogP contribution in [-0.4, -0.2) is 25.9 Å². The van der Waals surface area contributed by atoms with E-state index in [1.807, 2.05) is 42.8 Å². The minimum atomic E-state index is -0.113. The Balaban J connectivity index is 1.53. The van der Waals surface area contributed by atoms with E-state index in [0.717, 1.165) is 53.2 Å². The zero-order valence-electron chi connectivity index (χ0n) is 15.1. The van der Waals surface area contributed by atoms with E-state index in [2.05, 4.69) is 26.7 Å². The first-order chi connectivity index (χ1) is 12.6. The SMILES string of the molecule is Cc1cc(C)n(-c2ccccc2CNC(=O)C2CCCc3[nH]ncc32)n1. The van der Waals surface area contributed by atoms with Crippen LogP contribution in [0, 0.1) is 13.8 Å². The Kier molecular flexibility index (Phi) is 4.32. The Labute approximate surface area is 152 Å². The van der Waals surface area contributed by atoms with Gasteiger partial charge in [0.25, 0.3) is 0 Å². The van der Waals surface area contributed by atoms with Crippen molar-refractivity contribution < 1.29 is 4.79 Å². The highest BCUT2D eigenvalue weighted by Gasteiger charge is 2.27. The van der Waals surface area contributed by atoms with Crippen LogP contribution in [0.3, 0.4) is 0 Å². The third kappa shape index (κ3) is 3.03. The lowest BCUT2D eigenvalue weighted by atomic mass is 9.86.